The van der Waals surface area contributed by atoms with Crippen LogP contribution in [0.3, 0.4) is 0 Å². The van der Waals surface area contributed by atoms with Crippen LogP contribution in [0, 0.1) is 0 Å². The van der Waals surface area contributed by atoms with Gasteiger partial charge in [-0.3, -0.25) is 4.99 Å². The molecule has 0 atom stereocenters. The molecule has 8 heteroatoms. The monoisotopic (exact) mass is 438 g/mol. The van der Waals surface area contributed by atoms with Crippen molar-refractivity contribution in [3.63, 3.8) is 0 Å². The summed E-state index contributed by atoms with van der Waals surface area (Å²) < 4.78 is 10.8. The number of guanidine groups is 1. The van der Waals surface area contributed by atoms with Gasteiger partial charge in [0.1, 0.15) is 5.60 Å². The average Bonchev–Trinajstić information content (AvgIpc) is 2.69. The molecule has 1 fully saturated rings. The number of ether oxygens (including phenoxy) is 2. The van der Waals surface area contributed by atoms with Gasteiger partial charge in [0.15, 0.2) is 5.96 Å². The summed E-state index contributed by atoms with van der Waals surface area (Å²) in [5, 5.41) is 10.3. The number of carbonyl (C=O) groups is 1. The van der Waals surface area contributed by atoms with Crippen LogP contribution < -0.4 is 16.0 Å². The molecule has 3 N–H and O–H groups in total. The summed E-state index contributed by atoms with van der Waals surface area (Å²) >= 11 is 6.25. The van der Waals surface area contributed by atoms with E-state index in [4.69, 9.17) is 21.1 Å². The van der Waals surface area contributed by atoms with Crippen molar-refractivity contribution in [3.8, 4) is 0 Å². The molecule has 1 aliphatic heterocycles. The first-order chi connectivity index (χ1) is 14.2. The van der Waals surface area contributed by atoms with Crippen molar-refractivity contribution in [3.05, 3.63) is 34.9 Å². The Kier molecular flexibility index (Phi) is 9.24. The normalized spacial score (nSPS) is 16.6. The highest BCUT2D eigenvalue weighted by atomic mass is 35.5. The molecule has 0 aromatic heterocycles. The Hall–Kier alpha value is -1.99. The molecule has 0 saturated carbocycles. The van der Waals surface area contributed by atoms with Crippen molar-refractivity contribution in [2.24, 2.45) is 4.99 Å². The largest absolute Gasteiger partial charge is 0.444 e. The molecule has 1 aliphatic rings. The number of rotatable bonds is 7. The number of carbonyl (C=O) groups excluding carboxylic acids is 1. The summed E-state index contributed by atoms with van der Waals surface area (Å²) in [4.78, 5) is 16.0. The minimum atomic E-state index is -0.489. The van der Waals surface area contributed by atoms with Gasteiger partial charge in [0, 0.05) is 50.3 Å². The zero-order chi connectivity index (χ0) is 22.0. The molecule has 1 aromatic carbocycles. The minimum absolute atomic E-state index is 0.0426. The van der Waals surface area contributed by atoms with Gasteiger partial charge in [0.25, 0.3) is 0 Å². The molecular formula is C22H35ClN4O3. The lowest BCUT2D eigenvalue weighted by atomic mass is 9.74. The summed E-state index contributed by atoms with van der Waals surface area (Å²) in [6.45, 7) is 8.96. The molecule has 7 nitrogen and oxygen atoms in total. The third-order valence-corrected chi connectivity index (χ3v) is 5.25. The van der Waals surface area contributed by atoms with Crippen molar-refractivity contribution in [1.82, 2.24) is 16.0 Å². The number of hydrogen-bond donors (Lipinski definition) is 3. The first kappa shape index (κ1) is 24.3. The molecule has 1 saturated heterocycles. The fraction of sp³-hybridized carbons (Fsp3) is 0.636. The van der Waals surface area contributed by atoms with Crippen LogP contribution >= 0.6 is 11.6 Å². The number of nitrogens with one attached hydrogen (secondary N) is 3. The van der Waals surface area contributed by atoms with Gasteiger partial charge >= 0.3 is 6.09 Å². The Bertz CT molecular complexity index is 713. The third kappa shape index (κ3) is 8.03. The Morgan fingerprint density at radius 2 is 1.90 bits per heavy atom. The van der Waals surface area contributed by atoms with E-state index >= 15 is 0 Å². The second-order valence-corrected chi connectivity index (χ2v) is 8.97. The average molecular weight is 439 g/mol. The van der Waals surface area contributed by atoms with Crippen molar-refractivity contribution in [2.75, 3.05) is 39.9 Å². The van der Waals surface area contributed by atoms with Crippen molar-refractivity contribution in [2.45, 2.75) is 51.0 Å². The highest BCUT2D eigenvalue weighted by Gasteiger charge is 2.34. The van der Waals surface area contributed by atoms with E-state index in [2.05, 4.69) is 27.0 Å². The number of halogens is 1. The quantitative estimate of drug-likeness (QED) is 0.345. The number of alkyl carbamates (subject to hydrolysis) is 1. The summed E-state index contributed by atoms with van der Waals surface area (Å²) in [5.41, 5.74) is 0.694. The van der Waals surface area contributed by atoms with Crippen molar-refractivity contribution >= 4 is 23.7 Å². The summed E-state index contributed by atoms with van der Waals surface area (Å²) in [6.07, 6.45) is 2.22. The summed E-state index contributed by atoms with van der Waals surface area (Å²) in [7, 11) is 1.75. The highest BCUT2D eigenvalue weighted by molar-refractivity contribution is 6.30. The smallest absolute Gasteiger partial charge is 0.407 e. The fourth-order valence-corrected chi connectivity index (χ4v) is 3.61. The SMILES string of the molecule is CN=C(NCCCNC(=O)OC(C)(C)C)NCC1(c2cccc(Cl)c2)CCOCC1. The number of hydrogen-bond acceptors (Lipinski definition) is 4. The molecule has 30 heavy (non-hydrogen) atoms. The lowest BCUT2D eigenvalue weighted by Gasteiger charge is -2.38. The Balaban J connectivity index is 1.81. The molecule has 0 spiro atoms. The van der Waals surface area contributed by atoms with Crippen LogP contribution in [-0.2, 0) is 14.9 Å². The van der Waals surface area contributed by atoms with Crippen molar-refractivity contribution < 1.29 is 14.3 Å². The van der Waals surface area contributed by atoms with E-state index in [-0.39, 0.29) is 5.41 Å². The predicted molar refractivity (Wildman–Crippen MR) is 121 cm³/mol. The molecule has 0 aliphatic carbocycles. The second kappa shape index (κ2) is 11.4. The topological polar surface area (TPSA) is 84.0 Å². The van der Waals surface area contributed by atoms with Gasteiger partial charge in [0.2, 0.25) is 0 Å². The maximum Gasteiger partial charge on any atom is 0.407 e. The number of aliphatic imine (C=N–C) groups is 1. The maximum absolute atomic E-state index is 11.7. The molecule has 0 bridgehead atoms. The molecular weight excluding hydrogens is 404 g/mol. The van der Waals surface area contributed by atoms with Gasteiger partial charge in [-0.05, 0) is 57.7 Å². The Labute approximate surface area is 185 Å². The van der Waals surface area contributed by atoms with Crippen LogP contribution in [0.25, 0.3) is 0 Å². The maximum atomic E-state index is 11.7. The van der Waals surface area contributed by atoms with E-state index in [1.54, 1.807) is 7.05 Å². The number of amides is 1. The summed E-state index contributed by atoms with van der Waals surface area (Å²) in [6, 6.07) is 8.08. The van der Waals surface area contributed by atoms with E-state index in [1.165, 1.54) is 5.56 Å². The number of benzene rings is 1. The lowest BCUT2D eigenvalue weighted by Crippen LogP contribution is -2.48. The lowest BCUT2D eigenvalue weighted by molar-refractivity contribution is 0.0512. The van der Waals surface area contributed by atoms with Gasteiger partial charge in [-0.2, -0.15) is 0 Å². The zero-order valence-electron chi connectivity index (χ0n) is 18.5. The highest BCUT2D eigenvalue weighted by Crippen LogP contribution is 2.35. The second-order valence-electron chi connectivity index (χ2n) is 8.54. The first-order valence-corrected chi connectivity index (χ1v) is 10.9. The van der Waals surface area contributed by atoms with Crippen LogP contribution in [0.1, 0.15) is 45.6 Å². The van der Waals surface area contributed by atoms with E-state index in [1.807, 2.05) is 39.0 Å². The third-order valence-electron chi connectivity index (χ3n) is 5.02. The van der Waals surface area contributed by atoms with Gasteiger partial charge in [-0.15, -0.1) is 0 Å². The molecule has 1 amide bonds. The Morgan fingerprint density at radius 3 is 2.53 bits per heavy atom. The van der Waals surface area contributed by atoms with Crippen LogP contribution in [0.15, 0.2) is 29.3 Å². The Morgan fingerprint density at radius 1 is 1.20 bits per heavy atom. The van der Waals surface area contributed by atoms with E-state index in [0.717, 1.165) is 50.0 Å². The van der Waals surface area contributed by atoms with Crippen LogP contribution in [-0.4, -0.2) is 57.5 Å². The first-order valence-electron chi connectivity index (χ1n) is 10.5. The van der Waals surface area contributed by atoms with Gasteiger partial charge in [0.05, 0.1) is 0 Å². The zero-order valence-corrected chi connectivity index (χ0v) is 19.3. The molecule has 2 rings (SSSR count). The predicted octanol–water partition coefficient (Wildman–Crippen LogP) is 3.47. The molecule has 1 heterocycles. The molecule has 168 valence electrons. The van der Waals surface area contributed by atoms with Gasteiger partial charge in [-0.1, -0.05) is 23.7 Å². The van der Waals surface area contributed by atoms with Crippen LogP contribution in [0.5, 0.6) is 0 Å². The van der Waals surface area contributed by atoms with Crippen LogP contribution in [0.4, 0.5) is 4.79 Å². The standard InChI is InChI=1S/C22H35ClN4O3/c1-21(2,3)30-20(28)26-12-6-11-25-19(24-4)27-16-22(9-13-29-14-10-22)17-7-5-8-18(23)15-17/h5,7-8,15H,6,9-14,16H2,1-4H3,(H,26,28)(H2,24,25,27). The van der Waals surface area contributed by atoms with E-state index in [9.17, 15) is 4.79 Å². The van der Waals surface area contributed by atoms with Crippen LogP contribution in [0.2, 0.25) is 5.02 Å². The molecule has 1 aromatic rings. The summed E-state index contributed by atoms with van der Waals surface area (Å²) in [5.74, 6) is 0.736. The van der Waals surface area contributed by atoms with Gasteiger partial charge in [-0.25, -0.2) is 4.79 Å². The minimum Gasteiger partial charge on any atom is -0.444 e. The van der Waals surface area contributed by atoms with Crippen molar-refractivity contribution in [1.29, 1.82) is 0 Å². The molecule has 0 unspecified atom stereocenters. The molecule has 0 radical (unpaired) electrons. The number of nitrogens with zero attached hydrogens (tertiary/aromatic N) is 1. The van der Waals surface area contributed by atoms with E-state index < -0.39 is 11.7 Å². The fourth-order valence-electron chi connectivity index (χ4n) is 3.42. The van der Waals surface area contributed by atoms with E-state index in [0.29, 0.717) is 13.1 Å². The van der Waals surface area contributed by atoms with Gasteiger partial charge < -0.3 is 25.4 Å².